The summed E-state index contributed by atoms with van der Waals surface area (Å²) in [5.74, 6) is -0.265. The molecule has 106 valence electrons. The third-order valence-corrected chi connectivity index (χ3v) is 2.67. The Bertz CT molecular complexity index is 614. The number of nitrogens with one attached hydrogen (secondary N) is 1. The summed E-state index contributed by atoms with van der Waals surface area (Å²) in [4.78, 5) is 10.2. The molecule has 8 heteroatoms. The molecule has 1 aromatic carbocycles. The van der Waals surface area contributed by atoms with Gasteiger partial charge in [0.1, 0.15) is 11.4 Å². The van der Waals surface area contributed by atoms with Crippen LogP contribution in [0.5, 0.6) is 0 Å². The standard InChI is InChI=1S/C12H13FN4O3/c1-14-6-2-3-11-15-16-12(20-11)9-5-4-8(13)7-10(9)17(18)19/h4-5,7,14H,2-3,6H2,1H3. The fourth-order valence-electron chi connectivity index (χ4n) is 1.72. The SMILES string of the molecule is CNCCCc1nnc(-c2ccc(F)cc2[N+](=O)[O-])o1. The molecule has 7 nitrogen and oxygen atoms in total. The summed E-state index contributed by atoms with van der Waals surface area (Å²) in [6, 6.07) is 3.21. The van der Waals surface area contributed by atoms with Gasteiger partial charge in [-0.15, -0.1) is 10.2 Å². The molecule has 0 saturated carbocycles. The molecule has 0 fully saturated rings. The first-order valence-electron chi connectivity index (χ1n) is 6.03. The molecule has 0 radical (unpaired) electrons. The quantitative estimate of drug-likeness (QED) is 0.493. The Kier molecular flexibility index (Phi) is 4.36. The molecule has 0 aliphatic heterocycles. The Morgan fingerprint density at radius 2 is 2.25 bits per heavy atom. The number of aryl methyl sites for hydroxylation is 1. The molecule has 20 heavy (non-hydrogen) atoms. The van der Waals surface area contributed by atoms with E-state index in [0.717, 1.165) is 25.1 Å². The van der Waals surface area contributed by atoms with E-state index >= 15 is 0 Å². The fraction of sp³-hybridized carbons (Fsp3) is 0.333. The number of halogens is 1. The zero-order valence-electron chi connectivity index (χ0n) is 10.8. The third kappa shape index (κ3) is 3.15. The van der Waals surface area contributed by atoms with Gasteiger partial charge in [0, 0.05) is 6.42 Å². The second kappa shape index (κ2) is 6.20. The number of hydrogen-bond acceptors (Lipinski definition) is 6. The van der Waals surface area contributed by atoms with Gasteiger partial charge >= 0.3 is 0 Å². The number of aromatic nitrogens is 2. The molecule has 1 heterocycles. The van der Waals surface area contributed by atoms with Crippen LogP contribution in [-0.4, -0.2) is 28.7 Å². The van der Waals surface area contributed by atoms with Crippen molar-refractivity contribution < 1.29 is 13.7 Å². The normalized spacial score (nSPS) is 10.7. The Hall–Kier alpha value is -2.35. The number of hydrogen-bond donors (Lipinski definition) is 1. The van der Waals surface area contributed by atoms with E-state index in [1.807, 2.05) is 7.05 Å². The van der Waals surface area contributed by atoms with E-state index < -0.39 is 16.4 Å². The fourth-order valence-corrected chi connectivity index (χ4v) is 1.72. The van der Waals surface area contributed by atoms with Crippen molar-refractivity contribution in [3.63, 3.8) is 0 Å². The highest BCUT2D eigenvalue weighted by Crippen LogP contribution is 2.29. The van der Waals surface area contributed by atoms with E-state index in [1.54, 1.807) is 0 Å². The van der Waals surface area contributed by atoms with Crippen LogP contribution in [0.25, 0.3) is 11.5 Å². The monoisotopic (exact) mass is 280 g/mol. The van der Waals surface area contributed by atoms with Crippen LogP contribution in [0.4, 0.5) is 10.1 Å². The molecular weight excluding hydrogens is 267 g/mol. The third-order valence-electron chi connectivity index (χ3n) is 2.67. The molecule has 0 aliphatic carbocycles. The lowest BCUT2D eigenvalue weighted by molar-refractivity contribution is -0.384. The van der Waals surface area contributed by atoms with Crippen molar-refractivity contribution in [3.05, 3.63) is 40.0 Å². The predicted molar refractivity (Wildman–Crippen MR) is 68.6 cm³/mol. The molecule has 0 unspecified atom stereocenters. The number of rotatable bonds is 6. The van der Waals surface area contributed by atoms with E-state index in [0.29, 0.717) is 12.3 Å². The molecule has 1 aromatic heterocycles. The van der Waals surface area contributed by atoms with Crippen LogP contribution in [0, 0.1) is 15.9 Å². The number of nitro groups is 1. The first-order valence-corrected chi connectivity index (χ1v) is 6.03. The van der Waals surface area contributed by atoms with Crippen molar-refractivity contribution in [1.82, 2.24) is 15.5 Å². The molecule has 0 amide bonds. The van der Waals surface area contributed by atoms with Crippen LogP contribution in [0.3, 0.4) is 0 Å². The minimum atomic E-state index is -0.686. The van der Waals surface area contributed by atoms with Crippen molar-refractivity contribution in [1.29, 1.82) is 0 Å². The van der Waals surface area contributed by atoms with Gasteiger partial charge in [-0.3, -0.25) is 10.1 Å². The predicted octanol–water partition coefficient (Wildman–Crippen LogP) is 1.94. The maximum atomic E-state index is 13.1. The molecule has 1 N–H and O–H groups in total. The summed E-state index contributed by atoms with van der Waals surface area (Å²) in [7, 11) is 1.83. The molecular formula is C12H13FN4O3. The molecule has 0 aliphatic rings. The van der Waals surface area contributed by atoms with E-state index in [9.17, 15) is 14.5 Å². The highest BCUT2D eigenvalue weighted by Gasteiger charge is 2.21. The van der Waals surface area contributed by atoms with Crippen LogP contribution >= 0.6 is 0 Å². The molecule has 2 aromatic rings. The van der Waals surface area contributed by atoms with Gasteiger partial charge < -0.3 is 9.73 Å². The molecule has 0 spiro atoms. The van der Waals surface area contributed by atoms with Crippen molar-refractivity contribution >= 4 is 5.69 Å². The Balaban J connectivity index is 2.25. The second-order valence-electron chi connectivity index (χ2n) is 4.13. The number of nitrogens with zero attached hydrogens (tertiary/aromatic N) is 3. The first-order chi connectivity index (χ1) is 9.61. The van der Waals surface area contributed by atoms with Gasteiger partial charge in [0.05, 0.1) is 11.0 Å². The zero-order chi connectivity index (χ0) is 14.5. The van der Waals surface area contributed by atoms with Gasteiger partial charge in [0.15, 0.2) is 0 Å². The van der Waals surface area contributed by atoms with Crippen molar-refractivity contribution in [2.45, 2.75) is 12.8 Å². The Morgan fingerprint density at radius 3 is 2.95 bits per heavy atom. The minimum Gasteiger partial charge on any atom is -0.420 e. The van der Waals surface area contributed by atoms with Crippen LogP contribution in [-0.2, 0) is 6.42 Å². The van der Waals surface area contributed by atoms with Gasteiger partial charge in [-0.05, 0) is 32.1 Å². The van der Waals surface area contributed by atoms with Gasteiger partial charge in [-0.2, -0.15) is 0 Å². The van der Waals surface area contributed by atoms with Gasteiger partial charge in [-0.25, -0.2) is 4.39 Å². The Labute approximate surface area is 114 Å². The van der Waals surface area contributed by atoms with Crippen LogP contribution in [0.15, 0.2) is 22.6 Å². The molecule has 2 rings (SSSR count). The summed E-state index contributed by atoms with van der Waals surface area (Å²) < 4.78 is 18.4. The van der Waals surface area contributed by atoms with E-state index in [1.165, 1.54) is 6.07 Å². The first kappa shape index (κ1) is 14.1. The van der Waals surface area contributed by atoms with Gasteiger partial charge in [-0.1, -0.05) is 0 Å². The van der Waals surface area contributed by atoms with Crippen LogP contribution in [0.2, 0.25) is 0 Å². The molecule has 0 bridgehead atoms. The highest BCUT2D eigenvalue weighted by atomic mass is 19.1. The van der Waals surface area contributed by atoms with E-state index in [4.69, 9.17) is 4.42 Å². The molecule has 0 saturated heterocycles. The average molecular weight is 280 g/mol. The highest BCUT2D eigenvalue weighted by molar-refractivity contribution is 5.66. The van der Waals surface area contributed by atoms with Crippen molar-refractivity contribution in [2.24, 2.45) is 0 Å². The van der Waals surface area contributed by atoms with Crippen LogP contribution in [0.1, 0.15) is 12.3 Å². The lowest BCUT2D eigenvalue weighted by Crippen LogP contribution is -2.08. The number of benzene rings is 1. The van der Waals surface area contributed by atoms with Gasteiger partial charge in [0.2, 0.25) is 5.89 Å². The maximum absolute atomic E-state index is 13.1. The average Bonchev–Trinajstić information content (AvgIpc) is 2.87. The lowest BCUT2D eigenvalue weighted by atomic mass is 10.2. The summed E-state index contributed by atoms with van der Waals surface area (Å²) in [6.45, 7) is 0.800. The van der Waals surface area contributed by atoms with Crippen molar-refractivity contribution in [3.8, 4) is 11.5 Å². The van der Waals surface area contributed by atoms with E-state index in [2.05, 4.69) is 15.5 Å². The number of nitro benzene ring substituents is 1. The minimum absolute atomic E-state index is 0.0242. The Morgan fingerprint density at radius 1 is 1.45 bits per heavy atom. The maximum Gasteiger partial charge on any atom is 0.285 e. The summed E-state index contributed by atoms with van der Waals surface area (Å²) in [5.41, 5.74) is -0.279. The zero-order valence-corrected chi connectivity index (χ0v) is 10.8. The summed E-state index contributed by atoms with van der Waals surface area (Å²) in [6.07, 6.45) is 1.38. The van der Waals surface area contributed by atoms with Crippen LogP contribution < -0.4 is 5.32 Å². The smallest absolute Gasteiger partial charge is 0.285 e. The second-order valence-corrected chi connectivity index (χ2v) is 4.13. The topological polar surface area (TPSA) is 94.1 Å². The lowest BCUT2D eigenvalue weighted by Gasteiger charge is -1.98. The molecule has 0 atom stereocenters. The largest absolute Gasteiger partial charge is 0.420 e. The summed E-state index contributed by atoms with van der Waals surface area (Å²) >= 11 is 0. The van der Waals surface area contributed by atoms with Gasteiger partial charge in [0.25, 0.3) is 11.6 Å². The summed E-state index contributed by atoms with van der Waals surface area (Å²) in [5, 5.41) is 21.5. The van der Waals surface area contributed by atoms with E-state index in [-0.39, 0.29) is 11.5 Å². The van der Waals surface area contributed by atoms with Crippen molar-refractivity contribution in [2.75, 3.05) is 13.6 Å².